The van der Waals surface area contributed by atoms with Gasteiger partial charge in [-0.2, -0.15) is 0 Å². The molecule has 3 aliphatic rings. The minimum Gasteiger partial charge on any atom is -0.304 e. The molecule has 18 heavy (non-hydrogen) atoms. The molecule has 3 heteroatoms. The molecule has 0 aromatic heterocycles. The highest BCUT2D eigenvalue weighted by Crippen LogP contribution is 2.32. The average Bonchev–Trinajstić information content (AvgIpc) is 2.50. The van der Waals surface area contributed by atoms with Crippen molar-refractivity contribution < 1.29 is 4.79 Å². The van der Waals surface area contributed by atoms with E-state index in [0.717, 1.165) is 17.7 Å². The molecule has 2 N–H and O–H groups in total. The molecule has 0 radical (unpaired) electrons. The fraction of sp³-hybridized carbons (Fsp3) is 0.267. The van der Waals surface area contributed by atoms with Crippen LogP contribution in [0.25, 0.3) is 0 Å². The quantitative estimate of drug-likeness (QED) is 0.683. The van der Waals surface area contributed by atoms with E-state index >= 15 is 0 Å². The molecular formula is C15H16N2O. The van der Waals surface area contributed by atoms with Crippen LogP contribution in [-0.2, 0) is 4.79 Å². The molecule has 0 atom stereocenters. The lowest BCUT2D eigenvalue weighted by Crippen LogP contribution is -2.37. The van der Waals surface area contributed by atoms with Gasteiger partial charge in [0.2, 0.25) is 0 Å². The van der Waals surface area contributed by atoms with Gasteiger partial charge in [0.05, 0.1) is 5.70 Å². The summed E-state index contributed by atoms with van der Waals surface area (Å²) in [6.07, 6.45) is 9.52. The van der Waals surface area contributed by atoms with Gasteiger partial charge in [0.25, 0.3) is 0 Å². The molecule has 0 spiro atoms. The molecule has 92 valence electrons. The largest absolute Gasteiger partial charge is 0.304 e. The number of carbonyl (C=O) groups excluding carboxylic acids is 1. The van der Waals surface area contributed by atoms with E-state index in [4.69, 9.17) is 0 Å². The molecule has 0 saturated carbocycles. The molecule has 0 aromatic rings. The monoisotopic (exact) mass is 240 g/mol. The number of nitrogens with one attached hydrogen (secondary N) is 2. The predicted octanol–water partition coefficient (Wildman–Crippen LogP) is 2.43. The van der Waals surface area contributed by atoms with E-state index in [2.05, 4.69) is 36.9 Å². The number of allylic oxidation sites excluding steroid dienone is 7. The number of hydrogen-bond acceptors (Lipinski definition) is 3. The molecule has 0 unspecified atom stereocenters. The van der Waals surface area contributed by atoms with Gasteiger partial charge in [-0.3, -0.25) is 4.79 Å². The summed E-state index contributed by atoms with van der Waals surface area (Å²) in [5.74, 6) is 0.149. The van der Waals surface area contributed by atoms with Gasteiger partial charge in [0.1, 0.15) is 0 Å². The Morgan fingerprint density at radius 1 is 1.00 bits per heavy atom. The molecule has 0 bridgehead atoms. The van der Waals surface area contributed by atoms with E-state index in [1.54, 1.807) is 6.08 Å². The minimum absolute atomic E-state index is 0.149. The molecule has 1 heterocycles. The summed E-state index contributed by atoms with van der Waals surface area (Å²) in [5.41, 5.74) is 13.3. The van der Waals surface area contributed by atoms with E-state index in [-0.39, 0.29) is 5.78 Å². The summed E-state index contributed by atoms with van der Waals surface area (Å²) in [5, 5.41) is 0. The first-order valence-electron chi connectivity index (χ1n) is 6.21. The summed E-state index contributed by atoms with van der Waals surface area (Å²) < 4.78 is 0. The van der Waals surface area contributed by atoms with Gasteiger partial charge in [-0.25, -0.2) is 0 Å². The Labute approximate surface area is 107 Å². The van der Waals surface area contributed by atoms with Crippen LogP contribution in [0.1, 0.15) is 26.7 Å². The van der Waals surface area contributed by atoms with Crippen molar-refractivity contribution >= 4 is 5.78 Å². The topological polar surface area (TPSA) is 41.1 Å². The van der Waals surface area contributed by atoms with Crippen LogP contribution in [0.5, 0.6) is 0 Å². The van der Waals surface area contributed by atoms with E-state index in [0.29, 0.717) is 6.42 Å². The Hall–Kier alpha value is -2.03. The lowest BCUT2D eigenvalue weighted by Gasteiger charge is -2.28. The van der Waals surface area contributed by atoms with Crippen LogP contribution in [0.4, 0.5) is 0 Å². The van der Waals surface area contributed by atoms with Crippen LogP contribution in [0.2, 0.25) is 0 Å². The van der Waals surface area contributed by atoms with Crippen LogP contribution >= 0.6 is 0 Å². The van der Waals surface area contributed by atoms with Gasteiger partial charge in [-0.05, 0) is 25.5 Å². The number of carbonyl (C=O) groups is 1. The fourth-order valence-corrected chi connectivity index (χ4v) is 2.41. The predicted molar refractivity (Wildman–Crippen MR) is 71.2 cm³/mol. The standard InChI is InChI=1S/C15H16N2O/c1-9-3-6-14-13(7-10(9)2)12-5-4-11(18)8-15(12)17-16-14/h3,5,7-8,16-17H,4,6H2,1-2H3. The lowest BCUT2D eigenvalue weighted by atomic mass is 9.92. The van der Waals surface area contributed by atoms with Crippen LogP contribution in [0.3, 0.4) is 0 Å². The van der Waals surface area contributed by atoms with Gasteiger partial charge < -0.3 is 10.9 Å². The third-order valence-corrected chi connectivity index (χ3v) is 3.66. The molecule has 0 fully saturated rings. The van der Waals surface area contributed by atoms with Crippen LogP contribution < -0.4 is 10.9 Å². The zero-order valence-electron chi connectivity index (χ0n) is 10.6. The van der Waals surface area contributed by atoms with Gasteiger partial charge >= 0.3 is 0 Å². The number of hydrazine groups is 1. The lowest BCUT2D eigenvalue weighted by molar-refractivity contribution is -0.114. The Bertz CT molecular complexity index is 586. The molecule has 1 aliphatic heterocycles. The first kappa shape index (κ1) is 11.1. The summed E-state index contributed by atoms with van der Waals surface area (Å²) in [6.45, 7) is 4.26. The maximum Gasteiger partial charge on any atom is 0.161 e. The second-order valence-electron chi connectivity index (χ2n) is 4.91. The number of ketones is 1. The van der Waals surface area contributed by atoms with E-state index in [1.165, 1.54) is 22.4 Å². The van der Waals surface area contributed by atoms with Crippen molar-refractivity contribution in [3.05, 3.63) is 58.0 Å². The van der Waals surface area contributed by atoms with Crippen molar-refractivity contribution in [1.82, 2.24) is 10.9 Å². The first-order valence-corrected chi connectivity index (χ1v) is 6.21. The minimum atomic E-state index is 0.149. The fourth-order valence-electron chi connectivity index (χ4n) is 2.41. The first-order chi connectivity index (χ1) is 8.65. The van der Waals surface area contributed by atoms with Crippen LogP contribution in [0.15, 0.2) is 58.0 Å². The summed E-state index contributed by atoms with van der Waals surface area (Å²) in [6, 6.07) is 0. The Balaban J connectivity index is 2.09. The second kappa shape index (κ2) is 4.02. The van der Waals surface area contributed by atoms with Gasteiger partial charge in [0, 0.05) is 35.8 Å². The Morgan fingerprint density at radius 3 is 2.67 bits per heavy atom. The highest BCUT2D eigenvalue weighted by atomic mass is 16.1. The van der Waals surface area contributed by atoms with Crippen LogP contribution in [-0.4, -0.2) is 5.78 Å². The van der Waals surface area contributed by atoms with Crippen LogP contribution in [0, 0.1) is 0 Å². The third-order valence-electron chi connectivity index (χ3n) is 3.66. The molecule has 0 amide bonds. The van der Waals surface area contributed by atoms with E-state index < -0.39 is 0 Å². The molecule has 0 aromatic carbocycles. The number of hydrogen-bond donors (Lipinski definition) is 2. The van der Waals surface area contributed by atoms with Crippen molar-refractivity contribution in [2.45, 2.75) is 26.7 Å². The highest BCUT2D eigenvalue weighted by Gasteiger charge is 2.23. The Morgan fingerprint density at radius 2 is 1.83 bits per heavy atom. The van der Waals surface area contributed by atoms with Gasteiger partial charge in [-0.15, -0.1) is 0 Å². The maximum absolute atomic E-state index is 11.4. The summed E-state index contributed by atoms with van der Waals surface area (Å²) >= 11 is 0. The van der Waals surface area contributed by atoms with E-state index in [9.17, 15) is 4.79 Å². The molecule has 0 saturated heterocycles. The van der Waals surface area contributed by atoms with E-state index in [1.807, 2.05) is 6.08 Å². The number of fused-ring (bicyclic) bond motifs is 2. The zero-order valence-corrected chi connectivity index (χ0v) is 10.6. The normalized spacial score (nSPS) is 22.4. The molecular weight excluding hydrogens is 224 g/mol. The van der Waals surface area contributed by atoms with Gasteiger partial charge in [0.15, 0.2) is 5.78 Å². The molecule has 3 nitrogen and oxygen atoms in total. The van der Waals surface area contributed by atoms with Crippen molar-refractivity contribution in [1.29, 1.82) is 0 Å². The van der Waals surface area contributed by atoms with Gasteiger partial charge in [-0.1, -0.05) is 17.7 Å². The highest BCUT2D eigenvalue weighted by molar-refractivity contribution is 5.94. The van der Waals surface area contributed by atoms with Crippen molar-refractivity contribution in [3.8, 4) is 0 Å². The zero-order chi connectivity index (χ0) is 12.7. The third kappa shape index (κ3) is 1.72. The summed E-state index contributed by atoms with van der Waals surface area (Å²) in [4.78, 5) is 11.4. The molecule has 2 aliphatic carbocycles. The average molecular weight is 240 g/mol. The van der Waals surface area contributed by atoms with Crippen molar-refractivity contribution in [3.63, 3.8) is 0 Å². The summed E-state index contributed by atoms with van der Waals surface area (Å²) in [7, 11) is 0. The number of rotatable bonds is 0. The second-order valence-corrected chi connectivity index (χ2v) is 4.91. The van der Waals surface area contributed by atoms with Crippen molar-refractivity contribution in [2.75, 3.05) is 0 Å². The SMILES string of the molecule is CC1=CCC2=C(C=C1C)C1=CCC(=O)C=C1NN2. The Kier molecular flexibility index (Phi) is 2.47. The molecule has 3 rings (SSSR count). The van der Waals surface area contributed by atoms with Crippen molar-refractivity contribution in [2.24, 2.45) is 0 Å². The smallest absolute Gasteiger partial charge is 0.161 e. The maximum atomic E-state index is 11.4.